The lowest BCUT2D eigenvalue weighted by molar-refractivity contribution is 0.102. The fourth-order valence-corrected chi connectivity index (χ4v) is 8.38. The van der Waals surface area contributed by atoms with Crippen LogP contribution in [0.5, 0.6) is 0 Å². The summed E-state index contributed by atoms with van der Waals surface area (Å²) in [7, 11) is 0. The SMILES string of the molecule is O=C(Nc1ccc(-c2c3nc(c(-c4ccccc4)c4ccc([nH]4)c(-c4ccccc4)c4nc(c(-c5ccccc5)c5ccc2[nH]5)C=C4)C=C3)cc1)c1ccnc(-c2ccccn2)c1. The van der Waals surface area contributed by atoms with Gasteiger partial charge in [0.1, 0.15) is 0 Å². The molecule has 0 saturated heterocycles. The molecule has 1 amide bonds. The van der Waals surface area contributed by atoms with Crippen LogP contribution in [0.4, 0.5) is 5.69 Å². The van der Waals surface area contributed by atoms with Gasteiger partial charge in [0.15, 0.2) is 0 Å². The monoisotopic (exact) mass is 811 g/mol. The highest BCUT2D eigenvalue weighted by atomic mass is 16.1. The molecule has 11 rings (SSSR count). The van der Waals surface area contributed by atoms with Crippen LogP contribution in [0.3, 0.4) is 0 Å². The number of H-pyrrole nitrogens is 2. The second-order valence-corrected chi connectivity index (χ2v) is 15.3. The molecule has 2 aliphatic rings. The lowest BCUT2D eigenvalue weighted by atomic mass is 10.0. The van der Waals surface area contributed by atoms with E-state index in [1.807, 2.05) is 60.7 Å². The van der Waals surface area contributed by atoms with Crippen LogP contribution >= 0.6 is 0 Å². The van der Waals surface area contributed by atoms with Gasteiger partial charge in [-0.1, -0.05) is 109 Å². The summed E-state index contributed by atoms with van der Waals surface area (Å²) in [5.41, 5.74) is 17.5. The van der Waals surface area contributed by atoms with Crippen LogP contribution < -0.4 is 5.32 Å². The van der Waals surface area contributed by atoms with Gasteiger partial charge < -0.3 is 15.3 Å². The Bertz CT molecular complexity index is 3370. The number of amides is 1. The first-order chi connectivity index (χ1) is 31.1. The third-order valence-electron chi connectivity index (χ3n) is 11.3. The molecule has 5 aromatic heterocycles. The molecule has 3 N–H and O–H groups in total. The molecule has 7 heterocycles. The molecule has 0 radical (unpaired) electrons. The molecular formula is C55H37N7O. The zero-order valence-electron chi connectivity index (χ0n) is 33.8. The molecule has 0 aliphatic carbocycles. The average Bonchev–Trinajstić information content (AvgIpc) is 4.20. The van der Waals surface area contributed by atoms with E-state index in [1.165, 1.54) is 0 Å². The zero-order chi connectivity index (χ0) is 42.1. The van der Waals surface area contributed by atoms with Crippen LogP contribution in [-0.2, 0) is 0 Å². The van der Waals surface area contributed by atoms with Crippen LogP contribution in [0.25, 0.3) is 102 Å². The number of rotatable bonds is 7. The van der Waals surface area contributed by atoms with E-state index < -0.39 is 0 Å². The molecule has 63 heavy (non-hydrogen) atoms. The number of carbonyl (C=O) groups is 1. The number of carbonyl (C=O) groups excluding carboxylic acids is 1. The number of fused-ring (bicyclic) bond motifs is 8. The number of benzene rings is 4. The predicted molar refractivity (Wildman–Crippen MR) is 256 cm³/mol. The molecule has 0 spiro atoms. The van der Waals surface area contributed by atoms with Crippen LogP contribution in [-0.4, -0.2) is 35.8 Å². The molecule has 0 fully saturated rings. The van der Waals surface area contributed by atoms with Gasteiger partial charge in [-0.3, -0.25) is 14.8 Å². The number of pyridine rings is 2. The van der Waals surface area contributed by atoms with E-state index in [4.69, 9.17) is 9.97 Å². The minimum Gasteiger partial charge on any atom is -0.354 e. The standard InChI is InChI=1S/C55H37N7O/c63-55(39-31-33-57-50(34-39)41-18-10-11-32-56-41)58-40-21-19-38(20-22-40)54-48-29-27-46(61-48)52(36-14-6-2-7-15-36)44-25-23-42(59-44)51(35-12-4-1-5-13-35)43-24-26-45(60-43)53(37-16-8-3-9-17-37)47-28-30-49(54)62-47/h1-34,59,62H,(H,58,63). The van der Waals surface area contributed by atoms with Gasteiger partial charge in [0.25, 0.3) is 5.91 Å². The first-order valence-electron chi connectivity index (χ1n) is 20.7. The summed E-state index contributed by atoms with van der Waals surface area (Å²) in [5.74, 6) is -0.241. The Kier molecular flexibility index (Phi) is 9.48. The van der Waals surface area contributed by atoms with E-state index in [0.717, 1.165) is 89.4 Å². The van der Waals surface area contributed by atoms with Gasteiger partial charge >= 0.3 is 0 Å². The molecule has 9 aromatic rings. The Hall–Kier alpha value is -8.75. The normalized spacial score (nSPS) is 11.7. The lowest BCUT2D eigenvalue weighted by Gasteiger charge is -2.09. The second kappa shape index (κ2) is 16.0. The van der Waals surface area contributed by atoms with Crippen molar-refractivity contribution in [2.75, 3.05) is 5.32 Å². The highest BCUT2D eigenvalue weighted by Gasteiger charge is 2.19. The van der Waals surface area contributed by atoms with Crippen LogP contribution in [0, 0.1) is 0 Å². The third kappa shape index (κ3) is 7.21. The zero-order valence-corrected chi connectivity index (χ0v) is 33.8. The van der Waals surface area contributed by atoms with E-state index in [2.05, 4.69) is 147 Å². The quantitative estimate of drug-likeness (QED) is 0.148. The average molecular weight is 812 g/mol. The molecule has 0 saturated carbocycles. The summed E-state index contributed by atoms with van der Waals surface area (Å²) in [6.07, 6.45) is 11.7. The van der Waals surface area contributed by atoms with Gasteiger partial charge in [-0.05, 0) is 107 Å². The Morgan fingerprint density at radius 2 is 0.810 bits per heavy atom. The van der Waals surface area contributed by atoms with Gasteiger partial charge in [0.2, 0.25) is 0 Å². The Labute approximate surface area is 363 Å². The van der Waals surface area contributed by atoms with Crippen LogP contribution in [0.1, 0.15) is 33.1 Å². The second-order valence-electron chi connectivity index (χ2n) is 15.3. The van der Waals surface area contributed by atoms with E-state index in [-0.39, 0.29) is 5.91 Å². The molecule has 0 atom stereocenters. The smallest absolute Gasteiger partial charge is 0.255 e. The fraction of sp³-hybridized carbons (Fsp3) is 0. The number of nitrogens with zero attached hydrogens (tertiary/aromatic N) is 4. The largest absolute Gasteiger partial charge is 0.354 e. The van der Waals surface area contributed by atoms with E-state index >= 15 is 0 Å². The minimum atomic E-state index is -0.241. The van der Waals surface area contributed by atoms with Crippen molar-refractivity contribution in [3.63, 3.8) is 0 Å². The summed E-state index contributed by atoms with van der Waals surface area (Å²) in [5, 5.41) is 3.07. The van der Waals surface area contributed by atoms with Crippen molar-refractivity contribution < 1.29 is 4.79 Å². The predicted octanol–water partition coefficient (Wildman–Crippen LogP) is 13.0. The number of aromatic amines is 2. The number of nitrogens with one attached hydrogen (secondary N) is 3. The number of aromatic nitrogens is 6. The highest BCUT2D eigenvalue weighted by molar-refractivity contribution is 6.05. The summed E-state index contributed by atoms with van der Waals surface area (Å²) in [6.45, 7) is 0. The van der Waals surface area contributed by atoms with Crippen LogP contribution in [0.15, 0.2) is 182 Å². The maximum absolute atomic E-state index is 13.5. The highest BCUT2D eigenvalue weighted by Crippen LogP contribution is 2.38. The topological polar surface area (TPSA) is 112 Å². The van der Waals surface area contributed by atoms with Crippen molar-refractivity contribution in [3.05, 3.63) is 211 Å². The van der Waals surface area contributed by atoms with Crippen molar-refractivity contribution in [2.45, 2.75) is 0 Å². The van der Waals surface area contributed by atoms with Crippen LogP contribution in [0.2, 0.25) is 0 Å². The molecule has 0 unspecified atom stereocenters. The summed E-state index contributed by atoms with van der Waals surface area (Å²) < 4.78 is 0. The molecule has 2 aliphatic heterocycles. The van der Waals surface area contributed by atoms with E-state index in [0.29, 0.717) is 22.6 Å². The molecular weight excluding hydrogens is 775 g/mol. The number of anilines is 1. The van der Waals surface area contributed by atoms with Gasteiger partial charge in [0.05, 0.1) is 34.2 Å². The summed E-state index contributed by atoms with van der Waals surface area (Å²) in [4.78, 5) is 40.8. The van der Waals surface area contributed by atoms with E-state index in [9.17, 15) is 4.79 Å². The fourth-order valence-electron chi connectivity index (χ4n) is 8.38. The minimum absolute atomic E-state index is 0.241. The van der Waals surface area contributed by atoms with Gasteiger partial charge in [-0.25, -0.2) is 9.97 Å². The Balaban J connectivity index is 1.12. The lowest BCUT2D eigenvalue weighted by Crippen LogP contribution is -2.12. The number of hydrogen-bond acceptors (Lipinski definition) is 5. The first-order valence-corrected chi connectivity index (χ1v) is 20.7. The molecule has 8 nitrogen and oxygen atoms in total. The Morgan fingerprint density at radius 1 is 0.397 bits per heavy atom. The molecule has 4 aromatic carbocycles. The van der Waals surface area contributed by atoms with Crippen molar-refractivity contribution in [3.8, 4) is 55.9 Å². The number of hydrogen-bond donors (Lipinski definition) is 3. The van der Waals surface area contributed by atoms with Crippen molar-refractivity contribution in [1.29, 1.82) is 0 Å². The third-order valence-corrected chi connectivity index (χ3v) is 11.3. The molecule has 8 heteroatoms. The van der Waals surface area contributed by atoms with Crippen molar-refractivity contribution in [2.24, 2.45) is 0 Å². The van der Waals surface area contributed by atoms with E-state index in [1.54, 1.807) is 24.5 Å². The summed E-state index contributed by atoms with van der Waals surface area (Å²) in [6, 6.07) is 56.7. The van der Waals surface area contributed by atoms with Crippen molar-refractivity contribution >= 4 is 58.0 Å². The maximum atomic E-state index is 13.5. The molecule has 8 bridgehead atoms. The maximum Gasteiger partial charge on any atom is 0.255 e. The molecule has 298 valence electrons. The Morgan fingerprint density at radius 3 is 1.24 bits per heavy atom. The first kappa shape index (κ1) is 37.3. The van der Waals surface area contributed by atoms with Crippen molar-refractivity contribution in [1.82, 2.24) is 29.9 Å². The van der Waals surface area contributed by atoms with Gasteiger partial charge in [-0.2, -0.15) is 0 Å². The summed E-state index contributed by atoms with van der Waals surface area (Å²) >= 11 is 0. The van der Waals surface area contributed by atoms with Gasteiger partial charge in [0, 0.05) is 68.0 Å². The van der Waals surface area contributed by atoms with Gasteiger partial charge in [-0.15, -0.1) is 0 Å².